The monoisotopic (exact) mass is 622 g/mol. The van der Waals surface area contributed by atoms with Crippen molar-refractivity contribution in [2.24, 2.45) is 5.92 Å². The highest BCUT2D eigenvalue weighted by Gasteiger charge is 2.22. The molecule has 0 aliphatic heterocycles. The quantitative estimate of drug-likeness (QED) is 0.136. The van der Waals surface area contributed by atoms with E-state index in [2.05, 4.69) is 40.8 Å². The molecule has 5 heterocycles. The van der Waals surface area contributed by atoms with Gasteiger partial charge in [0.2, 0.25) is 0 Å². The van der Waals surface area contributed by atoms with Gasteiger partial charge in [0, 0.05) is 55.0 Å². The van der Waals surface area contributed by atoms with Gasteiger partial charge in [-0.3, -0.25) is 20.1 Å². The number of rotatable bonds is 11. The first-order valence-electron chi connectivity index (χ1n) is 15.6. The molecule has 12 heteroatoms. The molecule has 0 saturated heterocycles. The van der Waals surface area contributed by atoms with Gasteiger partial charge in [0.1, 0.15) is 22.7 Å². The second-order valence-electron chi connectivity index (χ2n) is 12.2. The number of hydrogen-bond donors (Lipinski definition) is 4. The smallest absolute Gasteiger partial charge is 0.161 e. The minimum absolute atomic E-state index is 0.188. The number of imidazole rings is 1. The molecule has 0 amide bonds. The van der Waals surface area contributed by atoms with Gasteiger partial charge in [0.05, 0.1) is 28.3 Å². The molecule has 4 N–H and O–H groups in total. The first kappa shape index (κ1) is 29.9. The molecule has 0 spiro atoms. The fourth-order valence-electron chi connectivity index (χ4n) is 6.21. The molecule has 5 aromatic heterocycles. The standard InChI is InChI=1S/C34H36F2N10/c1-46(2)10-9-39-25-13-22(12-24(35)14-25)31-32-26(7-8-40-31)42-34(43-32)33-28-27(44-45-33)19-41-30(29(28)36)23-11-21(17-38-18-23)16-37-15-20-5-3-4-6-20/h7-8,11-14,17-20,37,39H,3-6,9-10,15-16H2,1-2H3,(H,42,43)(H,44,45). The Morgan fingerprint density at radius 2 is 1.80 bits per heavy atom. The van der Waals surface area contributed by atoms with Gasteiger partial charge in [-0.05, 0) is 75.3 Å². The molecule has 1 saturated carbocycles. The minimum atomic E-state index is -0.517. The van der Waals surface area contributed by atoms with Crippen LogP contribution in [-0.4, -0.2) is 73.7 Å². The van der Waals surface area contributed by atoms with Crippen LogP contribution in [0.15, 0.2) is 55.1 Å². The van der Waals surface area contributed by atoms with Gasteiger partial charge in [-0.15, -0.1) is 0 Å². The zero-order valence-corrected chi connectivity index (χ0v) is 25.9. The molecule has 46 heavy (non-hydrogen) atoms. The van der Waals surface area contributed by atoms with Crippen molar-refractivity contribution in [2.75, 3.05) is 39.0 Å². The SMILES string of the molecule is CN(C)CCNc1cc(F)cc(-c2nccc3[nH]c(-c4n[nH]c5cnc(-c6cncc(CNCC7CCCC7)c6)c(F)c45)nc23)c1. The van der Waals surface area contributed by atoms with Gasteiger partial charge in [-0.2, -0.15) is 5.10 Å². The summed E-state index contributed by atoms with van der Waals surface area (Å²) in [5, 5.41) is 14.4. The fourth-order valence-corrected chi connectivity index (χ4v) is 6.21. The van der Waals surface area contributed by atoms with E-state index in [0.717, 1.165) is 24.6 Å². The highest BCUT2D eigenvalue weighted by Crippen LogP contribution is 2.34. The molecule has 6 aromatic rings. The number of H-pyrrole nitrogens is 2. The van der Waals surface area contributed by atoms with Crippen molar-refractivity contribution in [1.82, 2.24) is 45.3 Å². The Morgan fingerprint density at radius 3 is 2.65 bits per heavy atom. The number of pyridine rings is 3. The molecule has 1 fully saturated rings. The number of benzene rings is 1. The van der Waals surface area contributed by atoms with E-state index in [1.807, 2.05) is 31.1 Å². The van der Waals surface area contributed by atoms with E-state index >= 15 is 4.39 Å². The predicted octanol–water partition coefficient (Wildman–Crippen LogP) is 6.16. The van der Waals surface area contributed by atoms with E-state index in [9.17, 15) is 4.39 Å². The molecule has 0 bridgehead atoms. The number of aromatic nitrogens is 7. The Labute approximate surface area is 265 Å². The number of anilines is 1. The van der Waals surface area contributed by atoms with Gasteiger partial charge in [-0.25, -0.2) is 13.8 Å². The maximum atomic E-state index is 16.3. The second-order valence-corrected chi connectivity index (χ2v) is 12.2. The average molecular weight is 623 g/mol. The van der Waals surface area contributed by atoms with Crippen LogP contribution >= 0.6 is 0 Å². The van der Waals surface area contributed by atoms with Crippen molar-refractivity contribution in [3.05, 3.63) is 72.3 Å². The summed E-state index contributed by atoms with van der Waals surface area (Å²) in [4.78, 5) is 23.4. The number of nitrogens with one attached hydrogen (secondary N) is 4. The number of aromatic amines is 2. The first-order chi connectivity index (χ1) is 22.4. The van der Waals surface area contributed by atoms with Crippen LogP contribution in [0.2, 0.25) is 0 Å². The molecule has 0 atom stereocenters. The molecule has 0 radical (unpaired) electrons. The van der Waals surface area contributed by atoms with Crippen LogP contribution in [0, 0.1) is 17.6 Å². The van der Waals surface area contributed by atoms with Crippen LogP contribution in [0.1, 0.15) is 31.2 Å². The Kier molecular flexibility index (Phi) is 8.37. The number of hydrogen-bond acceptors (Lipinski definition) is 8. The highest BCUT2D eigenvalue weighted by molar-refractivity contribution is 5.97. The number of nitrogens with zero attached hydrogens (tertiary/aromatic N) is 6. The van der Waals surface area contributed by atoms with Gasteiger partial charge in [0.25, 0.3) is 0 Å². The molecule has 7 rings (SSSR count). The third kappa shape index (κ3) is 6.18. The van der Waals surface area contributed by atoms with Crippen molar-refractivity contribution < 1.29 is 8.78 Å². The van der Waals surface area contributed by atoms with Crippen molar-refractivity contribution in [1.29, 1.82) is 0 Å². The van der Waals surface area contributed by atoms with Crippen LogP contribution in [0.4, 0.5) is 14.5 Å². The zero-order chi connectivity index (χ0) is 31.6. The first-order valence-corrected chi connectivity index (χ1v) is 15.6. The van der Waals surface area contributed by atoms with Crippen molar-refractivity contribution >= 4 is 27.6 Å². The molecular weight excluding hydrogens is 586 g/mol. The highest BCUT2D eigenvalue weighted by atomic mass is 19.1. The van der Waals surface area contributed by atoms with Gasteiger partial charge in [-0.1, -0.05) is 12.8 Å². The lowest BCUT2D eigenvalue weighted by atomic mass is 10.1. The van der Waals surface area contributed by atoms with Crippen LogP contribution in [0.5, 0.6) is 0 Å². The lowest BCUT2D eigenvalue weighted by Gasteiger charge is -2.12. The Bertz CT molecular complexity index is 1990. The summed E-state index contributed by atoms with van der Waals surface area (Å²) < 4.78 is 31.0. The summed E-state index contributed by atoms with van der Waals surface area (Å²) in [7, 11) is 3.96. The number of likely N-dealkylation sites (N-methyl/N-ethyl adjacent to an activating group) is 1. The molecular formula is C34H36F2N10. The Hall–Kier alpha value is -4.81. The van der Waals surface area contributed by atoms with E-state index in [4.69, 9.17) is 4.98 Å². The molecule has 10 nitrogen and oxygen atoms in total. The summed E-state index contributed by atoms with van der Waals surface area (Å²) in [6.45, 7) is 3.09. The topological polar surface area (TPSA) is 123 Å². The van der Waals surface area contributed by atoms with E-state index in [-0.39, 0.29) is 16.9 Å². The summed E-state index contributed by atoms with van der Waals surface area (Å²) in [5.41, 5.74) is 5.41. The summed E-state index contributed by atoms with van der Waals surface area (Å²) >= 11 is 0. The number of fused-ring (bicyclic) bond motifs is 2. The van der Waals surface area contributed by atoms with Crippen LogP contribution in [0.3, 0.4) is 0 Å². The van der Waals surface area contributed by atoms with Crippen molar-refractivity contribution in [3.63, 3.8) is 0 Å². The predicted molar refractivity (Wildman–Crippen MR) is 176 cm³/mol. The third-order valence-electron chi connectivity index (χ3n) is 8.53. The van der Waals surface area contributed by atoms with E-state index in [1.165, 1.54) is 37.8 Å². The summed E-state index contributed by atoms with van der Waals surface area (Å²) in [6.07, 6.45) is 11.8. The number of halogens is 2. The Morgan fingerprint density at radius 1 is 0.935 bits per heavy atom. The molecule has 1 aliphatic carbocycles. The maximum Gasteiger partial charge on any atom is 0.161 e. The van der Waals surface area contributed by atoms with Crippen molar-refractivity contribution in [3.8, 4) is 34.0 Å². The third-order valence-corrected chi connectivity index (χ3v) is 8.53. The van der Waals surface area contributed by atoms with Crippen molar-refractivity contribution in [2.45, 2.75) is 32.2 Å². The van der Waals surface area contributed by atoms with E-state index in [0.29, 0.717) is 63.7 Å². The van der Waals surface area contributed by atoms with Crippen LogP contribution in [-0.2, 0) is 6.54 Å². The minimum Gasteiger partial charge on any atom is -0.384 e. The summed E-state index contributed by atoms with van der Waals surface area (Å²) in [5.74, 6) is 0.179. The lowest BCUT2D eigenvalue weighted by molar-refractivity contribution is 0.425. The molecule has 1 aliphatic rings. The van der Waals surface area contributed by atoms with Crippen LogP contribution < -0.4 is 10.6 Å². The largest absolute Gasteiger partial charge is 0.384 e. The average Bonchev–Trinajstić information content (AvgIpc) is 3.81. The van der Waals surface area contributed by atoms with E-state index < -0.39 is 5.82 Å². The zero-order valence-electron chi connectivity index (χ0n) is 25.9. The second kappa shape index (κ2) is 12.9. The van der Waals surface area contributed by atoms with Crippen LogP contribution in [0.25, 0.3) is 56.0 Å². The maximum absolute atomic E-state index is 16.3. The van der Waals surface area contributed by atoms with E-state index in [1.54, 1.807) is 30.9 Å². The fraction of sp³-hybridized carbons (Fsp3) is 0.324. The van der Waals surface area contributed by atoms with Gasteiger partial charge >= 0.3 is 0 Å². The summed E-state index contributed by atoms with van der Waals surface area (Å²) in [6, 6.07) is 8.44. The molecule has 1 aromatic carbocycles. The Balaban J connectivity index is 1.20. The van der Waals surface area contributed by atoms with Gasteiger partial charge in [0.15, 0.2) is 11.6 Å². The van der Waals surface area contributed by atoms with Gasteiger partial charge < -0.3 is 20.5 Å². The normalized spacial score (nSPS) is 13.8. The molecule has 0 unspecified atom stereocenters. The molecule has 236 valence electrons. The lowest BCUT2D eigenvalue weighted by Crippen LogP contribution is -2.20.